The van der Waals surface area contributed by atoms with E-state index in [0.717, 1.165) is 6.07 Å². The second-order valence-corrected chi connectivity index (χ2v) is 10.3. The first-order valence-corrected chi connectivity index (χ1v) is 13.5. The number of nitrogens with one attached hydrogen (secondary N) is 1. The molecule has 1 aliphatic heterocycles. The number of aromatic hydroxyl groups is 1. The highest BCUT2D eigenvalue weighted by molar-refractivity contribution is 5.98. The van der Waals surface area contributed by atoms with Crippen LogP contribution in [0.1, 0.15) is 21.6 Å². The van der Waals surface area contributed by atoms with Gasteiger partial charge in [-0.3, -0.25) is 14.5 Å². The number of para-hydroxylation sites is 1. The molecule has 2 aromatic carbocycles. The lowest BCUT2D eigenvalue weighted by Gasteiger charge is -2.40. The summed E-state index contributed by atoms with van der Waals surface area (Å²) in [6, 6.07) is 13.3. The van der Waals surface area contributed by atoms with E-state index in [2.05, 4.69) is 25.8 Å². The summed E-state index contributed by atoms with van der Waals surface area (Å²) in [6.45, 7) is -0.459. The molecule has 0 spiro atoms. The Labute approximate surface area is 253 Å². The van der Waals surface area contributed by atoms with Gasteiger partial charge in [-0.05, 0) is 29.8 Å². The summed E-state index contributed by atoms with van der Waals surface area (Å²) in [6.07, 6.45) is 1.03. The molecule has 3 aromatic heterocycles. The Kier molecular flexibility index (Phi) is 7.54. The normalized spacial score (nSPS) is 16.3. The Morgan fingerprint density at radius 3 is 2.89 bits per heavy atom. The summed E-state index contributed by atoms with van der Waals surface area (Å²) in [5.41, 5.74) is 4.23. The van der Waals surface area contributed by atoms with E-state index in [-0.39, 0.29) is 64.7 Å². The number of rotatable bonds is 8. The molecule has 16 heteroatoms. The van der Waals surface area contributed by atoms with Crippen LogP contribution in [0, 0.1) is 17.1 Å². The van der Waals surface area contributed by atoms with Crippen LogP contribution in [-0.4, -0.2) is 78.6 Å². The molecule has 6 rings (SSSR count). The molecule has 5 aromatic rings. The zero-order valence-corrected chi connectivity index (χ0v) is 23.3. The molecule has 1 fully saturated rings. The number of benzene rings is 2. The number of aliphatic hydroxyl groups is 1. The van der Waals surface area contributed by atoms with Crippen molar-refractivity contribution in [2.45, 2.75) is 18.1 Å². The molecule has 45 heavy (non-hydrogen) atoms. The number of carbonyl (C=O) groups is 2. The van der Waals surface area contributed by atoms with Crippen LogP contribution in [0.25, 0.3) is 16.7 Å². The summed E-state index contributed by atoms with van der Waals surface area (Å²) < 4.78 is 27.3. The average Bonchev–Trinajstić information content (AvgIpc) is 3.67. The van der Waals surface area contributed by atoms with Crippen LogP contribution in [0.4, 0.5) is 16.0 Å². The van der Waals surface area contributed by atoms with Crippen LogP contribution >= 0.6 is 0 Å². The maximum absolute atomic E-state index is 15.0. The maximum Gasteiger partial charge on any atom is 0.260 e. The molecule has 5 N–H and O–H groups in total. The van der Waals surface area contributed by atoms with E-state index in [0.29, 0.717) is 5.69 Å². The molecule has 2 amide bonds. The quantitative estimate of drug-likeness (QED) is 0.194. The molecular formula is C29H24FN9O6. The van der Waals surface area contributed by atoms with Crippen molar-refractivity contribution in [3.63, 3.8) is 0 Å². The molecule has 2 atom stereocenters. The first kappa shape index (κ1) is 29.2. The van der Waals surface area contributed by atoms with Gasteiger partial charge in [0.25, 0.3) is 11.8 Å². The van der Waals surface area contributed by atoms with Gasteiger partial charge < -0.3 is 30.5 Å². The largest absolute Gasteiger partial charge is 0.507 e. The molecule has 0 saturated carbocycles. The number of nitrogens with two attached hydrogens (primary N) is 1. The van der Waals surface area contributed by atoms with Crippen LogP contribution in [-0.2, 0) is 16.0 Å². The summed E-state index contributed by atoms with van der Waals surface area (Å²) in [4.78, 5) is 28.2. The standard InChI is InChI=1S/C29H24FN9O6/c30-20-9-16(10-22-24(20)26(32)37-45-22)12-29(43,15-33-27(41)19-3-1-2-4-21(19)40)25-28(42)38(7-8-44-25)23-5-6-39(36-23)18-11-17(13-31)35-34-14-18/h1-6,9-11,14,25,40,43H,7-8,12,15H2,(H2,32,37)(H,33,41)/t25-,29?/m0/s1. The van der Waals surface area contributed by atoms with Crippen LogP contribution < -0.4 is 16.0 Å². The summed E-state index contributed by atoms with van der Waals surface area (Å²) in [5.74, 6) is -2.37. The number of nitrogen functional groups attached to an aromatic ring is 1. The number of halogens is 1. The van der Waals surface area contributed by atoms with Crippen LogP contribution in [0.5, 0.6) is 5.75 Å². The Morgan fingerprint density at radius 1 is 1.27 bits per heavy atom. The molecule has 4 heterocycles. The number of nitriles is 1. The van der Waals surface area contributed by atoms with Crippen LogP contribution in [0.15, 0.2) is 65.4 Å². The maximum atomic E-state index is 15.0. The molecular weight excluding hydrogens is 589 g/mol. The van der Waals surface area contributed by atoms with E-state index in [1.807, 2.05) is 6.07 Å². The number of aromatic nitrogens is 5. The zero-order chi connectivity index (χ0) is 31.7. The number of hydrogen-bond acceptors (Lipinski definition) is 12. The summed E-state index contributed by atoms with van der Waals surface area (Å²) in [7, 11) is 0. The minimum absolute atomic E-state index is 0.0135. The molecule has 0 bridgehead atoms. The van der Waals surface area contributed by atoms with Crippen LogP contribution in [0.3, 0.4) is 0 Å². The van der Waals surface area contributed by atoms with Crippen molar-refractivity contribution in [3.8, 4) is 17.5 Å². The lowest BCUT2D eigenvalue weighted by atomic mass is 9.86. The van der Waals surface area contributed by atoms with E-state index in [4.69, 9.17) is 20.3 Å². The smallest absolute Gasteiger partial charge is 0.260 e. The number of nitrogens with zero attached hydrogens (tertiary/aromatic N) is 7. The minimum Gasteiger partial charge on any atom is -0.507 e. The molecule has 0 radical (unpaired) electrons. The number of phenolic OH excluding ortho intramolecular Hbond substituents is 1. The van der Waals surface area contributed by atoms with Crippen molar-refractivity contribution >= 4 is 34.4 Å². The summed E-state index contributed by atoms with van der Waals surface area (Å²) >= 11 is 0. The van der Waals surface area contributed by atoms with E-state index >= 15 is 0 Å². The van der Waals surface area contributed by atoms with Crippen molar-refractivity contribution in [3.05, 3.63) is 83.6 Å². The van der Waals surface area contributed by atoms with Crippen molar-refractivity contribution in [2.75, 3.05) is 30.3 Å². The van der Waals surface area contributed by atoms with Crippen molar-refractivity contribution in [2.24, 2.45) is 0 Å². The predicted octanol–water partition coefficient (Wildman–Crippen LogP) is 1.24. The fraction of sp³-hybridized carbons (Fsp3) is 0.207. The van der Waals surface area contributed by atoms with E-state index in [1.165, 1.54) is 40.0 Å². The molecule has 228 valence electrons. The van der Waals surface area contributed by atoms with Gasteiger partial charge in [0.15, 0.2) is 29.0 Å². The number of amides is 2. The lowest BCUT2D eigenvalue weighted by molar-refractivity contribution is -0.157. The third kappa shape index (κ3) is 5.60. The number of phenols is 1. The number of carbonyl (C=O) groups excluding carboxylic acids is 2. The van der Waals surface area contributed by atoms with Gasteiger partial charge in [0.05, 0.1) is 37.1 Å². The first-order valence-electron chi connectivity index (χ1n) is 13.5. The Hall–Kier alpha value is -5.92. The van der Waals surface area contributed by atoms with Crippen molar-refractivity contribution < 1.29 is 33.5 Å². The first-order chi connectivity index (χ1) is 21.7. The van der Waals surface area contributed by atoms with E-state index in [9.17, 15) is 24.2 Å². The molecule has 0 aliphatic carbocycles. The van der Waals surface area contributed by atoms with Gasteiger partial charge in [-0.15, -0.1) is 10.2 Å². The van der Waals surface area contributed by atoms with Crippen LogP contribution in [0.2, 0.25) is 0 Å². The zero-order valence-electron chi connectivity index (χ0n) is 23.3. The molecule has 15 nitrogen and oxygen atoms in total. The Bertz CT molecular complexity index is 1970. The second kappa shape index (κ2) is 11.6. The van der Waals surface area contributed by atoms with Gasteiger partial charge in [-0.25, -0.2) is 9.07 Å². The second-order valence-electron chi connectivity index (χ2n) is 10.3. The van der Waals surface area contributed by atoms with Gasteiger partial charge >= 0.3 is 0 Å². The predicted molar refractivity (Wildman–Crippen MR) is 153 cm³/mol. The van der Waals surface area contributed by atoms with Gasteiger partial charge in [0, 0.05) is 24.8 Å². The number of anilines is 2. The Balaban J connectivity index is 1.31. The highest BCUT2D eigenvalue weighted by Gasteiger charge is 2.47. The molecule has 1 unspecified atom stereocenters. The topological polar surface area (TPSA) is 219 Å². The van der Waals surface area contributed by atoms with Gasteiger partial charge in [-0.1, -0.05) is 17.3 Å². The average molecular weight is 614 g/mol. The third-order valence-electron chi connectivity index (χ3n) is 7.27. The summed E-state index contributed by atoms with van der Waals surface area (Å²) in [5, 5.41) is 49.4. The van der Waals surface area contributed by atoms with E-state index < -0.39 is 35.9 Å². The van der Waals surface area contributed by atoms with Gasteiger partial charge in [0.1, 0.15) is 28.6 Å². The van der Waals surface area contributed by atoms with E-state index in [1.54, 1.807) is 24.4 Å². The lowest BCUT2D eigenvalue weighted by Crippen LogP contribution is -2.63. The van der Waals surface area contributed by atoms with Gasteiger partial charge in [0.2, 0.25) is 0 Å². The number of hydrogen-bond donors (Lipinski definition) is 4. The third-order valence-corrected chi connectivity index (χ3v) is 7.27. The molecule has 1 saturated heterocycles. The van der Waals surface area contributed by atoms with Gasteiger partial charge in [-0.2, -0.15) is 10.4 Å². The number of ether oxygens (including phenoxy) is 1. The minimum atomic E-state index is -2.14. The fourth-order valence-corrected chi connectivity index (χ4v) is 5.13. The number of fused-ring (bicyclic) bond motifs is 1. The van der Waals surface area contributed by atoms with Crippen molar-refractivity contribution in [1.82, 2.24) is 30.5 Å². The highest BCUT2D eigenvalue weighted by atomic mass is 19.1. The number of morpholine rings is 1. The Morgan fingerprint density at radius 2 is 2.09 bits per heavy atom. The SMILES string of the molecule is N#Cc1cc(-n2ccc(N3CCO[C@H](C(O)(CNC(=O)c4ccccc4O)Cc4cc(F)c5c(N)noc5c4)C3=O)n2)cnn1. The highest BCUT2D eigenvalue weighted by Crippen LogP contribution is 2.31. The molecule has 1 aliphatic rings. The monoisotopic (exact) mass is 613 g/mol. The fourth-order valence-electron chi connectivity index (χ4n) is 5.13. The van der Waals surface area contributed by atoms with Crippen molar-refractivity contribution in [1.29, 1.82) is 5.26 Å².